The predicted octanol–water partition coefficient (Wildman–Crippen LogP) is 2.19. The number of rotatable bonds is 1. The van der Waals surface area contributed by atoms with E-state index < -0.39 is 0 Å². The second-order valence-electron chi connectivity index (χ2n) is 5.30. The van der Waals surface area contributed by atoms with Crippen LogP contribution >= 0.6 is 11.6 Å². The molecule has 3 aliphatic heterocycles. The zero-order chi connectivity index (χ0) is 12.8. The number of benzene rings is 1. The van der Waals surface area contributed by atoms with E-state index in [9.17, 15) is 0 Å². The summed E-state index contributed by atoms with van der Waals surface area (Å²) < 4.78 is 5.54. The number of nitrogens with one attached hydrogen (secondary N) is 1. The van der Waals surface area contributed by atoms with Crippen molar-refractivity contribution in [2.24, 2.45) is 10.9 Å². The molecule has 1 saturated heterocycles. The van der Waals surface area contributed by atoms with Crippen LogP contribution in [-0.4, -0.2) is 43.2 Å². The van der Waals surface area contributed by atoms with Gasteiger partial charge in [0.25, 0.3) is 0 Å². The molecule has 2 atom stereocenters. The Balaban J connectivity index is 1.75. The molecular formula is C14H16ClN3O. The first-order valence-corrected chi connectivity index (χ1v) is 7.16. The van der Waals surface area contributed by atoms with E-state index in [0.717, 1.165) is 54.8 Å². The fraction of sp³-hybridized carbons (Fsp3) is 0.500. The van der Waals surface area contributed by atoms with Crippen molar-refractivity contribution in [3.63, 3.8) is 0 Å². The second-order valence-corrected chi connectivity index (χ2v) is 5.74. The minimum absolute atomic E-state index is 0.287. The largest absolute Gasteiger partial charge is 0.381 e. The number of hydrogen-bond acceptors (Lipinski definition) is 4. The van der Waals surface area contributed by atoms with Gasteiger partial charge in [-0.25, -0.2) is 0 Å². The molecular weight excluding hydrogens is 262 g/mol. The molecule has 3 aliphatic rings. The SMILES string of the molecule is Clc1ccc2c(c1)N[C@H]([C@H]1CCOC1)N1CCN=C21. The van der Waals surface area contributed by atoms with Crippen LogP contribution in [0.2, 0.25) is 5.02 Å². The van der Waals surface area contributed by atoms with Crippen molar-refractivity contribution in [1.29, 1.82) is 0 Å². The molecule has 0 spiro atoms. The minimum Gasteiger partial charge on any atom is -0.381 e. The van der Waals surface area contributed by atoms with Crippen molar-refractivity contribution >= 4 is 23.1 Å². The van der Waals surface area contributed by atoms with E-state index in [1.807, 2.05) is 12.1 Å². The summed E-state index contributed by atoms with van der Waals surface area (Å²) in [5, 5.41) is 4.40. The number of aliphatic imine (C=N–C) groups is 1. The first-order chi connectivity index (χ1) is 9.33. The van der Waals surface area contributed by atoms with Gasteiger partial charge in [0.15, 0.2) is 0 Å². The lowest BCUT2D eigenvalue weighted by molar-refractivity contribution is 0.166. The summed E-state index contributed by atoms with van der Waals surface area (Å²) in [5.41, 5.74) is 2.26. The molecule has 1 N–H and O–H groups in total. The Bertz CT molecular complexity index is 539. The molecule has 4 nitrogen and oxygen atoms in total. The summed E-state index contributed by atoms with van der Waals surface area (Å²) in [6.07, 6.45) is 1.40. The average Bonchev–Trinajstić information content (AvgIpc) is 3.08. The van der Waals surface area contributed by atoms with Gasteiger partial charge in [-0.3, -0.25) is 4.99 Å². The van der Waals surface area contributed by atoms with Crippen LogP contribution in [0.3, 0.4) is 0 Å². The number of anilines is 1. The van der Waals surface area contributed by atoms with Crippen LogP contribution in [0.15, 0.2) is 23.2 Å². The number of amidine groups is 1. The first kappa shape index (κ1) is 11.6. The van der Waals surface area contributed by atoms with Crippen LogP contribution in [0, 0.1) is 5.92 Å². The molecule has 0 saturated carbocycles. The number of nitrogens with zero attached hydrogens (tertiary/aromatic N) is 2. The van der Waals surface area contributed by atoms with Crippen molar-refractivity contribution in [2.45, 2.75) is 12.6 Å². The molecule has 4 rings (SSSR count). The zero-order valence-corrected chi connectivity index (χ0v) is 11.4. The highest BCUT2D eigenvalue weighted by Gasteiger charge is 2.38. The minimum atomic E-state index is 0.287. The van der Waals surface area contributed by atoms with Crippen LogP contribution in [0.1, 0.15) is 12.0 Å². The Morgan fingerprint density at radius 1 is 1.42 bits per heavy atom. The van der Waals surface area contributed by atoms with Gasteiger partial charge in [0, 0.05) is 35.3 Å². The fourth-order valence-corrected chi connectivity index (χ4v) is 3.39. The second kappa shape index (κ2) is 4.39. The van der Waals surface area contributed by atoms with Crippen molar-refractivity contribution in [2.75, 3.05) is 31.6 Å². The Morgan fingerprint density at radius 3 is 3.21 bits per heavy atom. The van der Waals surface area contributed by atoms with Gasteiger partial charge in [0.05, 0.1) is 13.2 Å². The monoisotopic (exact) mass is 277 g/mol. The molecule has 3 heterocycles. The van der Waals surface area contributed by atoms with Gasteiger partial charge < -0.3 is 15.0 Å². The lowest BCUT2D eigenvalue weighted by Crippen LogP contribution is -2.51. The number of hydrogen-bond donors (Lipinski definition) is 1. The third-order valence-corrected chi connectivity index (χ3v) is 4.38. The lowest BCUT2D eigenvalue weighted by Gasteiger charge is -2.40. The Morgan fingerprint density at radius 2 is 2.37 bits per heavy atom. The van der Waals surface area contributed by atoms with Gasteiger partial charge in [-0.15, -0.1) is 0 Å². The van der Waals surface area contributed by atoms with Crippen LogP contribution in [-0.2, 0) is 4.74 Å². The maximum absolute atomic E-state index is 6.11. The van der Waals surface area contributed by atoms with Crippen molar-refractivity contribution in [1.82, 2.24) is 4.90 Å². The highest BCUT2D eigenvalue weighted by Crippen LogP contribution is 2.34. The Kier molecular flexibility index (Phi) is 2.67. The summed E-state index contributed by atoms with van der Waals surface area (Å²) in [6, 6.07) is 5.99. The maximum Gasteiger partial charge on any atom is 0.134 e. The third-order valence-electron chi connectivity index (χ3n) is 4.15. The number of ether oxygens (including phenoxy) is 1. The predicted molar refractivity (Wildman–Crippen MR) is 75.9 cm³/mol. The summed E-state index contributed by atoms with van der Waals surface area (Å²) in [6.45, 7) is 3.57. The molecule has 0 aromatic heterocycles. The molecule has 0 unspecified atom stereocenters. The van der Waals surface area contributed by atoms with E-state index in [2.05, 4.69) is 21.3 Å². The normalized spacial score (nSPS) is 28.7. The zero-order valence-electron chi connectivity index (χ0n) is 10.6. The van der Waals surface area contributed by atoms with Crippen molar-refractivity contribution in [3.8, 4) is 0 Å². The quantitative estimate of drug-likeness (QED) is 0.855. The molecule has 100 valence electrons. The average molecular weight is 278 g/mol. The number of fused-ring (bicyclic) bond motifs is 3. The van der Waals surface area contributed by atoms with Crippen molar-refractivity contribution in [3.05, 3.63) is 28.8 Å². The summed E-state index contributed by atoms with van der Waals surface area (Å²) >= 11 is 6.11. The first-order valence-electron chi connectivity index (χ1n) is 6.78. The summed E-state index contributed by atoms with van der Waals surface area (Å²) in [7, 11) is 0. The molecule has 1 aromatic rings. The van der Waals surface area contributed by atoms with E-state index in [1.165, 1.54) is 0 Å². The summed E-state index contributed by atoms with van der Waals surface area (Å²) in [5.74, 6) is 1.64. The Hall–Kier alpha value is -1.26. The van der Waals surface area contributed by atoms with E-state index in [1.54, 1.807) is 0 Å². The number of halogens is 1. The van der Waals surface area contributed by atoms with Gasteiger partial charge in [-0.1, -0.05) is 11.6 Å². The Labute approximate surface area is 117 Å². The molecule has 0 amide bonds. The van der Waals surface area contributed by atoms with Gasteiger partial charge in [-0.2, -0.15) is 0 Å². The smallest absolute Gasteiger partial charge is 0.134 e. The van der Waals surface area contributed by atoms with E-state index >= 15 is 0 Å². The molecule has 19 heavy (non-hydrogen) atoms. The summed E-state index contributed by atoms with van der Waals surface area (Å²) in [4.78, 5) is 7.05. The van der Waals surface area contributed by atoms with Crippen LogP contribution < -0.4 is 5.32 Å². The van der Waals surface area contributed by atoms with Gasteiger partial charge in [0.1, 0.15) is 12.0 Å². The van der Waals surface area contributed by atoms with E-state index in [0.29, 0.717) is 5.92 Å². The van der Waals surface area contributed by atoms with Crippen LogP contribution in [0.4, 0.5) is 5.69 Å². The maximum atomic E-state index is 6.11. The van der Waals surface area contributed by atoms with E-state index in [4.69, 9.17) is 16.3 Å². The molecule has 0 bridgehead atoms. The van der Waals surface area contributed by atoms with Gasteiger partial charge >= 0.3 is 0 Å². The highest BCUT2D eigenvalue weighted by molar-refractivity contribution is 6.31. The molecule has 0 radical (unpaired) electrons. The standard InChI is InChI=1S/C14H16ClN3O/c15-10-1-2-11-12(7-10)17-13(9-3-6-19-8-9)18-5-4-16-14(11)18/h1-2,7,9,13,17H,3-6,8H2/t9-,13-/m0/s1. The molecule has 5 heteroatoms. The highest BCUT2D eigenvalue weighted by atomic mass is 35.5. The molecule has 1 fully saturated rings. The topological polar surface area (TPSA) is 36.9 Å². The lowest BCUT2D eigenvalue weighted by atomic mass is 9.99. The van der Waals surface area contributed by atoms with Gasteiger partial charge in [0.2, 0.25) is 0 Å². The fourth-order valence-electron chi connectivity index (χ4n) is 3.21. The third kappa shape index (κ3) is 1.82. The molecule has 1 aromatic carbocycles. The molecule has 0 aliphatic carbocycles. The van der Waals surface area contributed by atoms with E-state index in [-0.39, 0.29) is 6.17 Å². The van der Waals surface area contributed by atoms with Gasteiger partial charge in [-0.05, 0) is 24.6 Å². The van der Waals surface area contributed by atoms with Crippen molar-refractivity contribution < 1.29 is 4.74 Å². The van der Waals surface area contributed by atoms with Crippen LogP contribution in [0.5, 0.6) is 0 Å². The van der Waals surface area contributed by atoms with Crippen LogP contribution in [0.25, 0.3) is 0 Å².